The lowest BCUT2D eigenvalue weighted by molar-refractivity contribution is -0.385. The van der Waals surface area contributed by atoms with Crippen molar-refractivity contribution in [3.8, 4) is 0 Å². The van der Waals surface area contributed by atoms with Crippen LogP contribution in [0.25, 0.3) is 0 Å². The number of nitrogens with one attached hydrogen (secondary N) is 1. The largest absolute Gasteiger partial charge is 0.416 e. The van der Waals surface area contributed by atoms with Crippen molar-refractivity contribution in [2.45, 2.75) is 13.1 Å². The number of benzene rings is 2. The molecule has 0 heterocycles. The normalized spacial score (nSPS) is 11.3. The fourth-order valence-electron chi connectivity index (χ4n) is 2.03. The maximum absolute atomic E-state index is 12.8. The molecule has 0 aliphatic heterocycles. The summed E-state index contributed by atoms with van der Waals surface area (Å²) in [5, 5.41) is 13.0. The first-order valence-electron chi connectivity index (χ1n) is 6.62. The number of amides is 1. The van der Waals surface area contributed by atoms with Crippen molar-refractivity contribution in [2.75, 3.05) is 5.32 Å². The van der Waals surface area contributed by atoms with Gasteiger partial charge in [-0.15, -0.1) is 0 Å². The summed E-state index contributed by atoms with van der Waals surface area (Å²) >= 11 is 7.51. The zero-order valence-corrected chi connectivity index (χ0v) is 15.4. The van der Waals surface area contributed by atoms with Crippen molar-refractivity contribution in [1.29, 1.82) is 0 Å². The molecule has 0 aliphatic carbocycles. The number of rotatable bonds is 3. The van der Waals surface area contributed by atoms with E-state index in [1.807, 2.05) is 22.6 Å². The van der Waals surface area contributed by atoms with E-state index in [2.05, 4.69) is 5.32 Å². The molecule has 0 unspecified atom stereocenters. The van der Waals surface area contributed by atoms with Gasteiger partial charge in [0.05, 0.1) is 16.1 Å². The van der Waals surface area contributed by atoms with E-state index in [4.69, 9.17) is 11.6 Å². The zero-order valence-electron chi connectivity index (χ0n) is 12.4. The van der Waals surface area contributed by atoms with Crippen molar-refractivity contribution < 1.29 is 22.9 Å². The Morgan fingerprint density at radius 3 is 2.44 bits per heavy atom. The number of non-ortho nitro benzene ring substituents is 1. The van der Waals surface area contributed by atoms with Crippen LogP contribution in [0.1, 0.15) is 21.5 Å². The van der Waals surface area contributed by atoms with Crippen LogP contribution in [0.15, 0.2) is 30.3 Å². The Kier molecular flexibility index (Phi) is 5.57. The van der Waals surface area contributed by atoms with E-state index in [9.17, 15) is 28.1 Å². The molecule has 1 amide bonds. The van der Waals surface area contributed by atoms with Crippen LogP contribution in [0.5, 0.6) is 0 Å². The summed E-state index contributed by atoms with van der Waals surface area (Å²) in [7, 11) is 0. The average Bonchev–Trinajstić information content (AvgIpc) is 2.48. The highest BCUT2D eigenvalue weighted by molar-refractivity contribution is 14.1. The summed E-state index contributed by atoms with van der Waals surface area (Å²) < 4.78 is 38.9. The maximum Gasteiger partial charge on any atom is 0.416 e. The molecule has 0 saturated carbocycles. The number of carbonyl (C=O) groups excluding carboxylic acids is 1. The second-order valence-corrected chi connectivity index (χ2v) is 6.64. The lowest BCUT2D eigenvalue weighted by Crippen LogP contribution is -2.15. The van der Waals surface area contributed by atoms with Crippen LogP contribution in [0.3, 0.4) is 0 Å². The molecule has 0 radical (unpaired) electrons. The number of halogens is 5. The fourth-order valence-corrected chi connectivity index (χ4v) is 2.87. The molecular weight excluding hydrogens is 476 g/mol. The second kappa shape index (κ2) is 7.16. The predicted molar refractivity (Wildman–Crippen MR) is 95.0 cm³/mol. The van der Waals surface area contributed by atoms with E-state index in [0.717, 1.165) is 24.3 Å². The lowest BCUT2D eigenvalue weighted by Gasteiger charge is -2.12. The van der Waals surface area contributed by atoms with Gasteiger partial charge in [-0.1, -0.05) is 11.6 Å². The van der Waals surface area contributed by atoms with Crippen LogP contribution < -0.4 is 5.32 Å². The number of carbonyl (C=O) groups is 1. The molecule has 0 spiro atoms. The van der Waals surface area contributed by atoms with Crippen molar-refractivity contribution in [2.24, 2.45) is 0 Å². The molecule has 25 heavy (non-hydrogen) atoms. The zero-order chi connectivity index (χ0) is 18.9. The summed E-state index contributed by atoms with van der Waals surface area (Å²) in [6.45, 7) is 1.58. The van der Waals surface area contributed by atoms with Crippen molar-refractivity contribution in [1.82, 2.24) is 0 Å². The number of nitro benzene ring substituents is 1. The first-order valence-corrected chi connectivity index (χ1v) is 8.08. The third-order valence-corrected chi connectivity index (χ3v) is 4.61. The van der Waals surface area contributed by atoms with E-state index in [-0.39, 0.29) is 22.0 Å². The number of hydrogen-bond donors (Lipinski definition) is 1. The number of alkyl halides is 3. The van der Waals surface area contributed by atoms with Gasteiger partial charge in [0.15, 0.2) is 0 Å². The highest BCUT2D eigenvalue weighted by atomic mass is 127. The second-order valence-electron chi connectivity index (χ2n) is 5.04. The van der Waals surface area contributed by atoms with Gasteiger partial charge in [0.25, 0.3) is 11.6 Å². The van der Waals surface area contributed by atoms with E-state index >= 15 is 0 Å². The molecule has 2 aromatic rings. The maximum atomic E-state index is 12.8. The standard InChI is InChI=1S/C15H9ClF3IN2O3/c1-7-12(5-11(22(24)25)6-13(7)20)14(23)21-10-3-8(15(17,18)19)2-9(16)4-10/h2-6H,1H3,(H,21,23). The van der Waals surface area contributed by atoms with Gasteiger partial charge in [-0.3, -0.25) is 14.9 Å². The molecule has 0 atom stereocenters. The Morgan fingerprint density at radius 1 is 1.24 bits per heavy atom. The Hall–Kier alpha value is -1.88. The molecule has 0 bridgehead atoms. The first kappa shape index (κ1) is 19.4. The van der Waals surface area contributed by atoms with Gasteiger partial charge in [0.2, 0.25) is 0 Å². The summed E-state index contributed by atoms with van der Waals surface area (Å²) in [5.74, 6) is -0.769. The Labute approximate surface area is 158 Å². The minimum Gasteiger partial charge on any atom is -0.322 e. The number of anilines is 1. The highest BCUT2D eigenvalue weighted by Crippen LogP contribution is 2.33. The molecule has 132 valence electrons. The molecule has 0 aliphatic rings. The summed E-state index contributed by atoms with van der Waals surface area (Å²) in [4.78, 5) is 22.6. The Morgan fingerprint density at radius 2 is 1.88 bits per heavy atom. The molecule has 0 fully saturated rings. The lowest BCUT2D eigenvalue weighted by atomic mass is 10.1. The van der Waals surface area contributed by atoms with Crippen LogP contribution in [0.2, 0.25) is 5.02 Å². The van der Waals surface area contributed by atoms with Crippen LogP contribution >= 0.6 is 34.2 Å². The molecule has 1 N–H and O–H groups in total. The molecule has 0 aromatic heterocycles. The van der Waals surface area contributed by atoms with Gasteiger partial charge in [-0.05, 0) is 53.3 Å². The summed E-state index contributed by atoms with van der Waals surface area (Å²) in [6.07, 6.45) is -4.62. The van der Waals surface area contributed by atoms with Gasteiger partial charge in [-0.25, -0.2) is 0 Å². The third-order valence-electron chi connectivity index (χ3n) is 3.27. The van der Waals surface area contributed by atoms with Crippen molar-refractivity contribution in [3.63, 3.8) is 0 Å². The Bertz CT molecular complexity index is 872. The third kappa shape index (κ3) is 4.60. The van der Waals surface area contributed by atoms with Crippen molar-refractivity contribution >= 4 is 51.5 Å². The van der Waals surface area contributed by atoms with Gasteiger partial charge in [0, 0.05) is 26.4 Å². The molecule has 2 rings (SSSR count). The smallest absolute Gasteiger partial charge is 0.322 e. The predicted octanol–water partition coefficient (Wildman–Crippen LogP) is 5.43. The first-order chi connectivity index (χ1) is 11.5. The van der Waals surface area contributed by atoms with Crippen molar-refractivity contribution in [3.05, 3.63) is 65.7 Å². The molecule has 0 saturated heterocycles. The van der Waals surface area contributed by atoms with Crippen LogP contribution in [-0.4, -0.2) is 10.8 Å². The topological polar surface area (TPSA) is 72.2 Å². The van der Waals surface area contributed by atoms with E-state index in [1.165, 1.54) is 6.07 Å². The van der Waals surface area contributed by atoms with Crippen LogP contribution in [0, 0.1) is 20.6 Å². The average molecular weight is 485 g/mol. The van der Waals surface area contributed by atoms with Crippen LogP contribution in [-0.2, 0) is 6.18 Å². The molecule has 5 nitrogen and oxygen atoms in total. The summed E-state index contributed by atoms with van der Waals surface area (Å²) in [6, 6.07) is 5.00. The molecular formula is C15H9ClF3IN2O3. The number of nitro groups is 1. The Balaban J connectivity index is 2.41. The van der Waals surface area contributed by atoms with Gasteiger partial charge in [0.1, 0.15) is 0 Å². The highest BCUT2D eigenvalue weighted by Gasteiger charge is 2.31. The SMILES string of the molecule is Cc1c(I)cc([N+](=O)[O-])cc1C(=O)Nc1cc(Cl)cc(C(F)(F)F)c1. The van der Waals surface area contributed by atoms with E-state index < -0.39 is 22.6 Å². The number of nitrogens with zero attached hydrogens (tertiary/aromatic N) is 1. The minimum atomic E-state index is -4.62. The van der Waals surface area contributed by atoms with Gasteiger partial charge < -0.3 is 5.32 Å². The minimum absolute atomic E-state index is 0.00728. The van der Waals surface area contributed by atoms with E-state index in [1.54, 1.807) is 6.92 Å². The van der Waals surface area contributed by atoms with E-state index in [0.29, 0.717) is 9.13 Å². The fraction of sp³-hybridized carbons (Fsp3) is 0.133. The van der Waals surface area contributed by atoms with Gasteiger partial charge >= 0.3 is 6.18 Å². The van der Waals surface area contributed by atoms with Gasteiger partial charge in [-0.2, -0.15) is 13.2 Å². The van der Waals surface area contributed by atoms with Crippen LogP contribution in [0.4, 0.5) is 24.5 Å². The molecule has 2 aromatic carbocycles. The quantitative estimate of drug-likeness (QED) is 0.359. The number of hydrogen-bond acceptors (Lipinski definition) is 3. The summed E-state index contributed by atoms with van der Waals surface area (Å²) in [5.41, 5.74) is -0.998. The molecule has 10 heteroatoms. The monoisotopic (exact) mass is 484 g/mol.